The van der Waals surface area contributed by atoms with Crippen molar-refractivity contribution in [1.82, 2.24) is 10.2 Å². The summed E-state index contributed by atoms with van der Waals surface area (Å²) in [6.07, 6.45) is 3.49. The molecule has 1 heterocycles. The van der Waals surface area contributed by atoms with Crippen LogP contribution in [0.25, 0.3) is 0 Å². The lowest BCUT2D eigenvalue weighted by Gasteiger charge is -2.15. The Morgan fingerprint density at radius 1 is 1.29 bits per heavy atom. The van der Waals surface area contributed by atoms with Gasteiger partial charge in [-0.15, -0.1) is 0 Å². The Morgan fingerprint density at radius 3 is 2.65 bits per heavy atom. The molecule has 2 N–H and O–H groups in total. The highest BCUT2D eigenvalue weighted by Gasteiger charge is 2.29. The number of hydrogen-bond acceptors (Lipinski definition) is 3. The second-order valence-electron chi connectivity index (χ2n) is 4.95. The normalized spacial score (nSPS) is 23.8. The molecule has 2 fully saturated rings. The van der Waals surface area contributed by atoms with Gasteiger partial charge in [-0.25, -0.2) is 0 Å². The Kier molecular flexibility index (Phi) is 3.99. The number of carbonyl (C=O) groups excluding carboxylic acids is 2. The fourth-order valence-electron chi connectivity index (χ4n) is 2.07. The molecule has 1 aliphatic heterocycles. The maximum absolute atomic E-state index is 11.7. The Bertz CT molecular complexity index is 302. The summed E-state index contributed by atoms with van der Waals surface area (Å²) in [6.45, 7) is 1.71. The van der Waals surface area contributed by atoms with Gasteiger partial charge in [0.05, 0.1) is 6.10 Å². The molecule has 1 atom stereocenters. The zero-order valence-corrected chi connectivity index (χ0v) is 10.0. The van der Waals surface area contributed by atoms with Crippen LogP contribution in [0.1, 0.15) is 32.1 Å². The molecule has 5 nitrogen and oxygen atoms in total. The number of nitrogens with zero attached hydrogens (tertiary/aromatic N) is 1. The van der Waals surface area contributed by atoms with E-state index in [0.717, 1.165) is 12.8 Å². The standard InChI is InChI=1S/C12H20N2O3/c15-10-5-7-14(8-10)11(16)2-1-6-13-12(17)9-3-4-9/h9-10,15H,1-8H2,(H,13,17)/t10-/m1/s1. The lowest BCUT2D eigenvalue weighted by atomic mass is 10.2. The Morgan fingerprint density at radius 2 is 2.06 bits per heavy atom. The number of aliphatic hydroxyl groups excluding tert-OH is 1. The summed E-state index contributed by atoms with van der Waals surface area (Å²) in [5.74, 6) is 0.454. The largest absolute Gasteiger partial charge is 0.391 e. The molecule has 0 spiro atoms. The molecular weight excluding hydrogens is 220 g/mol. The minimum absolute atomic E-state index is 0.0854. The first kappa shape index (κ1) is 12.4. The maximum Gasteiger partial charge on any atom is 0.223 e. The highest BCUT2D eigenvalue weighted by molar-refractivity contribution is 5.81. The molecule has 5 heteroatoms. The molecular formula is C12H20N2O3. The Labute approximate surface area is 101 Å². The third kappa shape index (κ3) is 3.70. The number of amides is 2. The van der Waals surface area contributed by atoms with Gasteiger partial charge in [0.2, 0.25) is 11.8 Å². The van der Waals surface area contributed by atoms with E-state index < -0.39 is 0 Å². The smallest absolute Gasteiger partial charge is 0.223 e. The number of β-amino-alcohol motifs (C(OH)–C–C–N with tert-alkyl or cyclic N) is 1. The molecule has 0 aromatic rings. The first-order chi connectivity index (χ1) is 8.16. The van der Waals surface area contributed by atoms with Gasteiger partial charge in [-0.05, 0) is 25.7 Å². The van der Waals surface area contributed by atoms with E-state index in [2.05, 4.69) is 5.32 Å². The quantitative estimate of drug-likeness (QED) is 0.659. The van der Waals surface area contributed by atoms with E-state index in [9.17, 15) is 14.7 Å². The number of carbonyl (C=O) groups is 2. The summed E-state index contributed by atoms with van der Waals surface area (Å²) in [5, 5.41) is 12.2. The summed E-state index contributed by atoms with van der Waals surface area (Å²) < 4.78 is 0. The molecule has 0 bridgehead atoms. The summed E-state index contributed by atoms with van der Waals surface area (Å²) >= 11 is 0. The van der Waals surface area contributed by atoms with Gasteiger partial charge >= 0.3 is 0 Å². The molecule has 17 heavy (non-hydrogen) atoms. The highest BCUT2D eigenvalue weighted by Crippen LogP contribution is 2.28. The minimum Gasteiger partial charge on any atom is -0.391 e. The van der Waals surface area contributed by atoms with Crippen LogP contribution in [-0.2, 0) is 9.59 Å². The van der Waals surface area contributed by atoms with Crippen LogP contribution in [0, 0.1) is 5.92 Å². The summed E-state index contributed by atoms with van der Waals surface area (Å²) in [5.41, 5.74) is 0. The van der Waals surface area contributed by atoms with E-state index in [4.69, 9.17) is 0 Å². The Balaban J connectivity index is 1.55. The molecule has 1 saturated carbocycles. The molecule has 2 rings (SSSR count). The highest BCUT2D eigenvalue weighted by atomic mass is 16.3. The van der Waals surface area contributed by atoms with Crippen LogP contribution in [0.2, 0.25) is 0 Å². The van der Waals surface area contributed by atoms with Crippen molar-refractivity contribution < 1.29 is 14.7 Å². The predicted molar refractivity (Wildman–Crippen MR) is 62.2 cm³/mol. The summed E-state index contributed by atoms with van der Waals surface area (Å²) in [7, 11) is 0. The van der Waals surface area contributed by atoms with E-state index >= 15 is 0 Å². The lowest BCUT2D eigenvalue weighted by Crippen LogP contribution is -2.31. The van der Waals surface area contributed by atoms with Crippen LogP contribution >= 0.6 is 0 Å². The molecule has 1 saturated heterocycles. The first-order valence-corrected chi connectivity index (χ1v) is 6.40. The molecule has 2 amide bonds. The van der Waals surface area contributed by atoms with Crippen molar-refractivity contribution in [3.05, 3.63) is 0 Å². The molecule has 0 radical (unpaired) electrons. The van der Waals surface area contributed by atoms with Crippen LogP contribution in [0.5, 0.6) is 0 Å². The van der Waals surface area contributed by atoms with Gasteiger partial charge in [-0.2, -0.15) is 0 Å². The molecule has 1 aliphatic carbocycles. The fraction of sp³-hybridized carbons (Fsp3) is 0.833. The topological polar surface area (TPSA) is 69.6 Å². The van der Waals surface area contributed by atoms with E-state index in [0.29, 0.717) is 38.9 Å². The van der Waals surface area contributed by atoms with Gasteiger partial charge in [0, 0.05) is 32.0 Å². The third-order valence-electron chi connectivity index (χ3n) is 3.33. The number of rotatable bonds is 5. The number of hydrogen-bond donors (Lipinski definition) is 2. The van der Waals surface area contributed by atoms with Crippen molar-refractivity contribution in [3.8, 4) is 0 Å². The van der Waals surface area contributed by atoms with Crippen molar-refractivity contribution in [3.63, 3.8) is 0 Å². The monoisotopic (exact) mass is 240 g/mol. The van der Waals surface area contributed by atoms with Crippen molar-refractivity contribution in [2.24, 2.45) is 5.92 Å². The van der Waals surface area contributed by atoms with Crippen molar-refractivity contribution in [2.75, 3.05) is 19.6 Å². The van der Waals surface area contributed by atoms with Crippen molar-refractivity contribution in [1.29, 1.82) is 0 Å². The van der Waals surface area contributed by atoms with E-state index in [-0.39, 0.29) is 23.8 Å². The lowest BCUT2D eigenvalue weighted by molar-refractivity contribution is -0.131. The van der Waals surface area contributed by atoms with E-state index in [1.54, 1.807) is 4.90 Å². The van der Waals surface area contributed by atoms with Crippen LogP contribution in [-0.4, -0.2) is 47.6 Å². The van der Waals surface area contributed by atoms with Gasteiger partial charge in [0.25, 0.3) is 0 Å². The maximum atomic E-state index is 11.7. The number of likely N-dealkylation sites (tertiary alicyclic amines) is 1. The average molecular weight is 240 g/mol. The van der Waals surface area contributed by atoms with Gasteiger partial charge < -0.3 is 15.3 Å². The van der Waals surface area contributed by atoms with E-state index in [1.165, 1.54) is 0 Å². The number of nitrogens with one attached hydrogen (secondary N) is 1. The molecule has 0 unspecified atom stereocenters. The minimum atomic E-state index is -0.353. The van der Waals surface area contributed by atoms with Crippen LogP contribution in [0.4, 0.5) is 0 Å². The average Bonchev–Trinajstić information content (AvgIpc) is 3.07. The van der Waals surface area contributed by atoms with Crippen LogP contribution < -0.4 is 5.32 Å². The molecule has 0 aromatic heterocycles. The SMILES string of the molecule is O=C(NCCCC(=O)N1CC[C@@H](O)C1)C1CC1. The second-order valence-corrected chi connectivity index (χ2v) is 4.95. The number of aliphatic hydroxyl groups is 1. The summed E-state index contributed by atoms with van der Waals surface area (Å²) in [4.78, 5) is 24.7. The fourth-order valence-corrected chi connectivity index (χ4v) is 2.07. The van der Waals surface area contributed by atoms with Crippen molar-refractivity contribution in [2.45, 2.75) is 38.2 Å². The molecule has 96 valence electrons. The van der Waals surface area contributed by atoms with Crippen LogP contribution in [0.3, 0.4) is 0 Å². The van der Waals surface area contributed by atoms with Gasteiger partial charge in [-0.1, -0.05) is 0 Å². The zero-order chi connectivity index (χ0) is 12.3. The van der Waals surface area contributed by atoms with Gasteiger partial charge in [0.1, 0.15) is 0 Å². The van der Waals surface area contributed by atoms with Gasteiger partial charge in [0.15, 0.2) is 0 Å². The molecule has 2 aliphatic rings. The second kappa shape index (κ2) is 5.49. The van der Waals surface area contributed by atoms with Crippen molar-refractivity contribution >= 4 is 11.8 Å². The van der Waals surface area contributed by atoms with Gasteiger partial charge in [-0.3, -0.25) is 9.59 Å². The zero-order valence-electron chi connectivity index (χ0n) is 10.0. The summed E-state index contributed by atoms with van der Waals surface area (Å²) in [6, 6.07) is 0. The molecule has 0 aromatic carbocycles. The Hall–Kier alpha value is -1.10. The third-order valence-corrected chi connectivity index (χ3v) is 3.33. The van der Waals surface area contributed by atoms with Crippen LogP contribution in [0.15, 0.2) is 0 Å². The predicted octanol–water partition coefficient (Wildman–Crippen LogP) is -0.114. The van der Waals surface area contributed by atoms with E-state index in [1.807, 2.05) is 0 Å². The first-order valence-electron chi connectivity index (χ1n) is 6.40.